The van der Waals surface area contributed by atoms with Crippen LogP contribution in [0.5, 0.6) is 5.75 Å². The third-order valence-corrected chi connectivity index (χ3v) is 1.90. The van der Waals surface area contributed by atoms with Gasteiger partial charge in [0.05, 0.1) is 7.11 Å². The fourth-order valence-corrected chi connectivity index (χ4v) is 1.01. The molecule has 0 saturated heterocycles. The number of hydrogen-bond acceptors (Lipinski definition) is 3. The number of aliphatic imine (C=N–C) groups is 1. The number of hydrogen-bond donors (Lipinski definition) is 0. The largest absolute Gasteiger partial charge is 0.497 e. The van der Waals surface area contributed by atoms with Crippen molar-refractivity contribution in [1.29, 1.82) is 0 Å². The molecule has 0 aliphatic carbocycles. The second-order valence-corrected chi connectivity index (χ2v) is 2.88. The van der Waals surface area contributed by atoms with Gasteiger partial charge in [-0.1, -0.05) is 26.0 Å². The van der Waals surface area contributed by atoms with Crippen molar-refractivity contribution in [2.45, 2.75) is 27.4 Å². The predicted molar refractivity (Wildman–Crippen MR) is 68.2 cm³/mol. The van der Waals surface area contributed by atoms with Crippen molar-refractivity contribution in [2.75, 3.05) is 14.2 Å². The summed E-state index contributed by atoms with van der Waals surface area (Å²) >= 11 is 0. The first-order valence-electron chi connectivity index (χ1n) is 5.45. The van der Waals surface area contributed by atoms with E-state index in [2.05, 4.69) is 4.99 Å². The molecule has 0 N–H and O–H groups in total. The van der Waals surface area contributed by atoms with Crippen LogP contribution in [-0.2, 0) is 11.3 Å². The van der Waals surface area contributed by atoms with E-state index in [1.165, 1.54) is 0 Å². The van der Waals surface area contributed by atoms with Crippen molar-refractivity contribution in [3.8, 4) is 5.75 Å². The normalized spacial score (nSPS) is 10.2. The summed E-state index contributed by atoms with van der Waals surface area (Å²) in [6.45, 7) is 6.36. The Kier molecular flexibility index (Phi) is 7.94. The minimum absolute atomic E-state index is 0.528. The topological polar surface area (TPSA) is 30.8 Å². The minimum atomic E-state index is 0.528. The Balaban J connectivity index is 0.00000106. The average Bonchev–Trinajstić information content (AvgIpc) is 2.38. The molecule has 1 rings (SSSR count). The highest BCUT2D eigenvalue weighted by atomic mass is 16.5. The molecule has 16 heavy (non-hydrogen) atoms. The van der Waals surface area contributed by atoms with Gasteiger partial charge in [-0.25, -0.2) is 0 Å². The van der Waals surface area contributed by atoms with Gasteiger partial charge < -0.3 is 9.47 Å². The van der Waals surface area contributed by atoms with Gasteiger partial charge in [0.15, 0.2) is 5.90 Å². The molecule has 0 fully saturated rings. The quantitative estimate of drug-likeness (QED) is 0.581. The Hall–Kier alpha value is -1.51. The van der Waals surface area contributed by atoms with E-state index in [1.54, 1.807) is 14.2 Å². The lowest BCUT2D eigenvalue weighted by Gasteiger charge is -2.06. The number of ether oxygens (including phenoxy) is 2. The van der Waals surface area contributed by atoms with Crippen LogP contribution >= 0.6 is 0 Å². The summed E-state index contributed by atoms with van der Waals surface area (Å²) in [5.74, 6) is 1.53. The maximum absolute atomic E-state index is 5.37. The second kappa shape index (κ2) is 8.77. The predicted octanol–water partition coefficient (Wildman–Crippen LogP) is 3.29. The highest BCUT2D eigenvalue weighted by Crippen LogP contribution is 2.13. The van der Waals surface area contributed by atoms with E-state index in [-0.39, 0.29) is 0 Å². The molecule has 90 valence electrons. The molecule has 3 nitrogen and oxygen atoms in total. The highest BCUT2D eigenvalue weighted by molar-refractivity contribution is 5.72. The summed E-state index contributed by atoms with van der Waals surface area (Å²) in [7, 11) is 3.36. The Labute approximate surface area is 98.1 Å². The summed E-state index contributed by atoms with van der Waals surface area (Å²) in [4.78, 5) is 3.91. The Morgan fingerprint density at radius 3 is 2.56 bits per heavy atom. The van der Waals surface area contributed by atoms with Crippen molar-refractivity contribution in [3.63, 3.8) is 0 Å². The van der Waals surface area contributed by atoms with Crippen molar-refractivity contribution >= 4 is 5.90 Å². The van der Waals surface area contributed by atoms with E-state index in [9.17, 15) is 0 Å². The monoisotopic (exact) mass is 223 g/mol. The fourth-order valence-electron chi connectivity index (χ4n) is 1.01. The number of methoxy groups -OCH3 is 1. The van der Waals surface area contributed by atoms with Crippen LogP contribution in [-0.4, -0.2) is 20.1 Å². The summed E-state index contributed by atoms with van der Waals surface area (Å²) in [6.07, 6.45) is 0. The Bertz CT molecular complexity index is 321. The molecule has 0 aromatic heterocycles. The molecule has 0 unspecified atom stereocenters. The van der Waals surface area contributed by atoms with Gasteiger partial charge in [-0.05, 0) is 17.7 Å². The van der Waals surface area contributed by atoms with Crippen molar-refractivity contribution < 1.29 is 9.47 Å². The summed E-state index contributed by atoms with van der Waals surface area (Å²) in [5, 5.41) is 0. The van der Waals surface area contributed by atoms with Crippen molar-refractivity contribution in [2.24, 2.45) is 4.99 Å². The van der Waals surface area contributed by atoms with Gasteiger partial charge in [-0.3, -0.25) is 4.99 Å². The van der Waals surface area contributed by atoms with Crippen LogP contribution in [0.4, 0.5) is 0 Å². The number of rotatable bonds is 3. The van der Waals surface area contributed by atoms with E-state index in [1.807, 2.05) is 45.0 Å². The third-order valence-electron chi connectivity index (χ3n) is 1.90. The molecule has 3 heteroatoms. The zero-order chi connectivity index (χ0) is 12.4. The lowest BCUT2D eigenvalue weighted by atomic mass is 10.2. The zero-order valence-electron chi connectivity index (χ0n) is 10.8. The third kappa shape index (κ3) is 5.39. The Morgan fingerprint density at radius 2 is 2.00 bits per heavy atom. The van der Waals surface area contributed by atoms with E-state index in [0.717, 1.165) is 11.3 Å². The molecule has 0 spiro atoms. The molecule has 0 atom stereocenters. The molecule has 0 heterocycles. The lowest BCUT2D eigenvalue weighted by molar-refractivity contribution is 0.288. The van der Waals surface area contributed by atoms with Crippen molar-refractivity contribution in [3.05, 3.63) is 29.8 Å². The SMILES string of the molecule is CC.CN=C(C)OCc1cccc(OC)c1. The molecular weight excluding hydrogens is 202 g/mol. The highest BCUT2D eigenvalue weighted by Gasteiger charge is 1.96. The number of nitrogens with zero attached hydrogens (tertiary/aromatic N) is 1. The minimum Gasteiger partial charge on any atom is -0.497 e. The van der Waals surface area contributed by atoms with Gasteiger partial charge in [0.25, 0.3) is 0 Å². The first-order valence-corrected chi connectivity index (χ1v) is 5.45. The van der Waals surface area contributed by atoms with Crippen LogP contribution in [0.15, 0.2) is 29.3 Å². The summed E-state index contributed by atoms with van der Waals surface area (Å²) < 4.78 is 10.5. The van der Waals surface area contributed by atoms with E-state index in [4.69, 9.17) is 9.47 Å². The van der Waals surface area contributed by atoms with E-state index >= 15 is 0 Å². The molecule has 0 aliphatic heterocycles. The smallest absolute Gasteiger partial charge is 0.180 e. The van der Waals surface area contributed by atoms with E-state index in [0.29, 0.717) is 12.5 Å². The molecule has 0 radical (unpaired) electrons. The van der Waals surface area contributed by atoms with Crippen LogP contribution < -0.4 is 4.74 Å². The average molecular weight is 223 g/mol. The van der Waals surface area contributed by atoms with Crippen LogP contribution in [0.3, 0.4) is 0 Å². The van der Waals surface area contributed by atoms with Gasteiger partial charge in [-0.15, -0.1) is 0 Å². The Morgan fingerprint density at radius 1 is 1.31 bits per heavy atom. The van der Waals surface area contributed by atoms with Gasteiger partial charge in [0, 0.05) is 14.0 Å². The zero-order valence-corrected chi connectivity index (χ0v) is 10.8. The molecule has 0 saturated carbocycles. The first kappa shape index (κ1) is 14.5. The van der Waals surface area contributed by atoms with Crippen LogP contribution in [0, 0.1) is 0 Å². The molecule has 1 aromatic carbocycles. The van der Waals surface area contributed by atoms with Crippen LogP contribution in [0.2, 0.25) is 0 Å². The lowest BCUT2D eigenvalue weighted by Crippen LogP contribution is -1.99. The van der Waals surface area contributed by atoms with E-state index < -0.39 is 0 Å². The second-order valence-electron chi connectivity index (χ2n) is 2.88. The molecule has 0 aliphatic rings. The number of benzene rings is 1. The van der Waals surface area contributed by atoms with Gasteiger partial charge in [0.1, 0.15) is 12.4 Å². The maximum Gasteiger partial charge on any atom is 0.180 e. The van der Waals surface area contributed by atoms with Gasteiger partial charge in [0.2, 0.25) is 0 Å². The van der Waals surface area contributed by atoms with Crippen LogP contribution in [0.1, 0.15) is 26.3 Å². The molecule has 0 amide bonds. The summed E-state index contributed by atoms with van der Waals surface area (Å²) in [6, 6.07) is 7.79. The molecule has 0 bridgehead atoms. The molecular formula is C13H21NO2. The molecule has 1 aromatic rings. The van der Waals surface area contributed by atoms with Gasteiger partial charge >= 0.3 is 0 Å². The fraction of sp³-hybridized carbons (Fsp3) is 0.462. The summed E-state index contributed by atoms with van der Waals surface area (Å²) in [5.41, 5.74) is 1.08. The maximum atomic E-state index is 5.37. The first-order chi connectivity index (χ1) is 7.76. The standard InChI is InChI=1S/C11H15NO2.C2H6/c1-9(12-2)14-8-10-5-4-6-11(7-10)13-3;1-2/h4-7H,8H2,1-3H3;1-2H3. The van der Waals surface area contributed by atoms with Gasteiger partial charge in [-0.2, -0.15) is 0 Å². The van der Waals surface area contributed by atoms with Crippen molar-refractivity contribution in [1.82, 2.24) is 0 Å². The van der Waals surface area contributed by atoms with Crippen LogP contribution in [0.25, 0.3) is 0 Å².